The van der Waals surface area contributed by atoms with Crippen LogP contribution in [0.1, 0.15) is 0 Å². The van der Waals surface area contributed by atoms with Crippen LogP contribution >= 0.6 is 0 Å². The minimum atomic E-state index is -0.187. The maximum absolute atomic E-state index is 2.65. The molecule has 0 amide bonds. The largest absolute Gasteiger partial charge is 0.310 e. The molecule has 0 saturated heterocycles. The molecule has 0 unspecified atom stereocenters. The molecule has 0 bridgehead atoms. The zero-order valence-corrected chi connectivity index (χ0v) is 57.9. The zero-order chi connectivity index (χ0) is 69.5. The Labute approximate surface area is 614 Å². The fourth-order valence-corrected chi connectivity index (χ4v) is 18.0. The van der Waals surface area contributed by atoms with Crippen LogP contribution in [-0.2, 0) is 0 Å². The van der Waals surface area contributed by atoms with Crippen molar-refractivity contribution in [3.05, 3.63) is 388 Å². The summed E-state index contributed by atoms with van der Waals surface area (Å²) in [6.07, 6.45) is 0. The van der Waals surface area contributed by atoms with E-state index in [2.05, 4.69) is 402 Å². The smallest absolute Gasteiger partial charge is 0.252 e. The van der Waals surface area contributed by atoms with E-state index in [-0.39, 0.29) is 6.71 Å². The van der Waals surface area contributed by atoms with E-state index in [1.165, 1.54) is 171 Å². The SMILES string of the molecule is c1ccc(-c2cc(-c3ccccc3)cc(-c3ccc4c5ccc(-c6cc(-c7ccccc7)cc(-c7ccccc7)c6)cc5n(-c5cc6c7c(c5)-n5c8ccccc8c8cc(-c9ccccc9-c9ccccc9)cc(c85)B7c5cc(-c7ccccc7-c7ccccc7)cc7c8ccccc8n-6c57)c4c3)c2)cc1. The molecule has 22 rings (SSSR count). The second-order valence-electron chi connectivity index (χ2n) is 28.6. The van der Waals surface area contributed by atoms with Gasteiger partial charge in [-0.1, -0.05) is 303 Å². The first-order valence-corrected chi connectivity index (χ1v) is 36.8. The topological polar surface area (TPSA) is 14.8 Å². The van der Waals surface area contributed by atoms with Crippen LogP contribution in [0.4, 0.5) is 0 Å². The van der Waals surface area contributed by atoms with Gasteiger partial charge in [0.05, 0.1) is 27.8 Å². The Bertz CT molecular complexity index is 6440. The van der Waals surface area contributed by atoms with Crippen LogP contribution in [0.2, 0.25) is 0 Å². The van der Waals surface area contributed by atoms with Gasteiger partial charge in [-0.25, -0.2) is 0 Å². The average Bonchev–Trinajstić information content (AvgIpc) is 1.46. The predicted octanol–water partition coefficient (Wildman–Crippen LogP) is 24.8. The van der Waals surface area contributed by atoms with E-state index in [0.717, 1.165) is 39.0 Å². The second-order valence-corrected chi connectivity index (χ2v) is 28.6. The summed E-state index contributed by atoms with van der Waals surface area (Å²) in [6.45, 7) is -0.187. The van der Waals surface area contributed by atoms with E-state index in [0.29, 0.717) is 0 Å². The summed E-state index contributed by atoms with van der Waals surface area (Å²) in [6, 6.07) is 146. The lowest BCUT2D eigenvalue weighted by molar-refractivity contribution is 1.10. The van der Waals surface area contributed by atoms with Crippen molar-refractivity contribution in [1.29, 1.82) is 0 Å². The van der Waals surface area contributed by atoms with Crippen LogP contribution in [0.15, 0.2) is 388 Å². The maximum Gasteiger partial charge on any atom is 0.252 e. The first-order valence-electron chi connectivity index (χ1n) is 36.8. The monoisotopic (exact) mass is 1340 g/mol. The molecule has 20 aromatic rings. The Morgan fingerprint density at radius 3 is 0.821 bits per heavy atom. The minimum absolute atomic E-state index is 0.187. The van der Waals surface area contributed by atoms with Gasteiger partial charge in [-0.05, 0) is 213 Å². The van der Waals surface area contributed by atoms with Crippen LogP contribution in [0.25, 0.3) is 194 Å². The van der Waals surface area contributed by atoms with Crippen molar-refractivity contribution in [3.8, 4) is 128 Å². The molecule has 4 heteroatoms. The average molecular weight is 1340 g/mol. The molecule has 5 heterocycles. The molecular formula is C102H64BN3. The molecule has 0 N–H and O–H groups in total. The van der Waals surface area contributed by atoms with Gasteiger partial charge in [-0.3, -0.25) is 0 Å². The van der Waals surface area contributed by atoms with Crippen LogP contribution in [0, 0.1) is 0 Å². The van der Waals surface area contributed by atoms with Gasteiger partial charge in [0.25, 0.3) is 6.71 Å². The third-order valence-corrected chi connectivity index (χ3v) is 22.7. The molecule has 0 atom stereocenters. The van der Waals surface area contributed by atoms with Gasteiger partial charge in [0, 0.05) is 54.7 Å². The first kappa shape index (κ1) is 59.8. The number of benzene rings is 17. The van der Waals surface area contributed by atoms with E-state index < -0.39 is 0 Å². The zero-order valence-electron chi connectivity index (χ0n) is 57.9. The summed E-state index contributed by atoms with van der Waals surface area (Å²) in [5, 5.41) is 7.30. The Morgan fingerprint density at radius 2 is 0.462 bits per heavy atom. The highest BCUT2D eigenvalue weighted by Crippen LogP contribution is 2.47. The van der Waals surface area contributed by atoms with Gasteiger partial charge in [0.15, 0.2) is 0 Å². The van der Waals surface area contributed by atoms with Crippen molar-refractivity contribution >= 4 is 88.5 Å². The summed E-state index contributed by atoms with van der Waals surface area (Å²) >= 11 is 0. The van der Waals surface area contributed by atoms with E-state index in [4.69, 9.17) is 0 Å². The van der Waals surface area contributed by atoms with E-state index >= 15 is 0 Å². The summed E-state index contributed by atoms with van der Waals surface area (Å²) in [7, 11) is 0. The van der Waals surface area contributed by atoms with Gasteiger partial charge in [-0.2, -0.15) is 0 Å². The molecule has 17 aromatic carbocycles. The van der Waals surface area contributed by atoms with Crippen LogP contribution < -0.4 is 16.4 Å². The fourth-order valence-electron chi connectivity index (χ4n) is 18.0. The van der Waals surface area contributed by atoms with Gasteiger partial charge in [-0.15, -0.1) is 0 Å². The number of aromatic nitrogens is 3. The highest BCUT2D eigenvalue weighted by molar-refractivity contribution is 7.00. The number of hydrogen-bond donors (Lipinski definition) is 0. The number of nitrogens with zero attached hydrogens (tertiary/aromatic N) is 3. The number of fused-ring (bicyclic) bond motifs is 13. The van der Waals surface area contributed by atoms with Gasteiger partial charge >= 0.3 is 0 Å². The normalized spacial score (nSPS) is 12.1. The van der Waals surface area contributed by atoms with Crippen molar-refractivity contribution in [2.75, 3.05) is 0 Å². The highest BCUT2D eigenvalue weighted by Gasteiger charge is 2.42. The fraction of sp³-hybridized carbons (Fsp3) is 0. The molecule has 0 fully saturated rings. The summed E-state index contributed by atoms with van der Waals surface area (Å²) < 4.78 is 7.92. The molecular weight excluding hydrogens is 1280 g/mol. The molecule has 490 valence electrons. The summed E-state index contributed by atoms with van der Waals surface area (Å²) in [5.74, 6) is 0. The van der Waals surface area contributed by atoms with Gasteiger partial charge < -0.3 is 13.7 Å². The second kappa shape index (κ2) is 23.9. The molecule has 106 heavy (non-hydrogen) atoms. The lowest BCUT2D eigenvalue weighted by Crippen LogP contribution is -2.59. The molecule has 0 radical (unpaired) electrons. The summed E-state index contributed by atoms with van der Waals surface area (Å²) in [4.78, 5) is 0. The molecule has 0 aliphatic carbocycles. The Balaban J connectivity index is 0.865. The number of hydrogen-bond acceptors (Lipinski definition) is 0. The van der Waals surface area contributed by atoms with Gasteiger partial charge in [0.1, 0.15) is 0 Å². The van der Waals surface area contributed by atoms with E-state index in [1.807, 2.05) is 0 Å². The van der Waals surface area contributed by atoms with Crippen molar-refractivity contribution in [2.45, 2.75) is 0 Å². The molecule has 0 saturated carbocycles. The Kier molecular flexibility index (Phi) is 13.5. The Morgan fingerprint density at radius 1 is 0.170 bits per heavy atom. The van der Waals surface area contributed by atoms with Crippen molar-refractivity contribution < 1.29 is 0 Å². The van der Waals surface area contributed by atoms with Crippen LogP contribution in [-0.4, -0.2) is 20.4 Å². The van der Waals surface area contributed by atoms with Gasteiger partial charge in [0.2, 0.25) is 0 Å². The highest BCUT2D eigenvalue weighted by atomic mass is 15.1. The maximum atomic E-state index is 2.65. The van der Waals surface area contributed by atoms with E-state index in [1.54, 1.807) is 0 Å². The molecule has 2 aliphatic heterocycles. The van der Waals surface area contributed by atoms with Crippen LogP contribution in [0.3, 0.4) is 0 Å². The predicted molar refractivity (Wildman–Crippen MR) is 448 cm³/mol. The van der Waals surface area contributed by atoms with Crippen LogP contribution in [0.5, 0.6) is 0 Å². The van der Waals surface area contributed by atoms with Crippen molar-refractivity contribution in [2.24, 2.45) is 0 Å². The van der Waals surface area contributed by atoms with Crippen molar-refractivity contribution in [1.82, 2.24) is 13.7 Å². The minimum Gasteiger partial charge on any atom is -0.310 e. The number of para-hydroxylation sites is 2. The molecule has 3 nitrogen and oxygen atoms in total. The summed E-state index contributed by atoms with van der Waals surface area (Å²) in [5.41, 5.74) is 38.1. The lowest BCUT2D eigenvalue weighted by atomic mass is 9.34. The third-order valence-electron chi connectivity index (χ3n) is 22.7. The number of rotatable bonds is 11. The molecule has 3 aromatic heterocycles. The first-order chi connectivity index (χ1) is 52.6. The Hall–Kier alpha value is -13.8. The molecule has 0 spiro atoms. The quantitative estimate of drug-likeness (QED) is 0.115. The standard InChI is InChI=1S/C102H64BN3/c1-7-27-65(28-8-1)73-51-74(66-29-9-2-10-30-66)54-77(53-73)71-47-49-88-89-50-48-72(78-55-75(67-31-11-3-12-32-67)52-76(56-78)68-33-13-4-14-34-68)62-97(89)104(96(88)61-71)81-63-98-100-99(64-81)106-95-46-26-24-44-87(95)91-58-80(85-42-22-20-40-83(85)70-37-17-6-18-38-70)60-93(102(91)106)103(100)92-59-79(57-90-86-43-23-25-45-94(86)105(98)101(90)92)84-41-21-19-39-82(84)69-35-15-5-16-36-69/h1-64H. The third kappa shape index (κ3) is 9.41. The van der Waals surface area contributed by atoms with Crippen molar-refractivity contribution in [3.63, 3.8) is 0 Å². The lowest BCUT2D eigenvalue weighted by Gasteiger charge is -2.35. The molecule has 2 aliphatic rings. The van der Waals surface area contributed by atoms with E-state index in [9.17, 15) is 0 Å².